The van der Waals surface area contributed by atoms with Crippen LogP contribution in [0.4, 0.5) is 0 Å². The molecular weight excluding hydrogens is 645 g/mol. The van der Waals surface area contributed by atoms with E-state index in [9.17, 15) is 0 Å². The lowest BCUT2D eigenvalue weighted by molar-refractivity contribution is 0.669. The summed E-state index contributed by atoms with van der Waals surface area (Å²) in [5.41, 5.74) is 4.57. The van der Waals surface area contributed by atoms with Gasteiger partial charge in [0.2, 0.25) is 0 Å². The lowest BCUT2D eigenvalue weighted by Crippen LogP contribution is -1.99. The van der Waals surface area contributed by atoms with Gasteiger partial charge in [0.05, 0.1) is 24.7 Å². The molecule has 0 atom stereocenters. The van der Waals surface area contributed by atoms with Crippen molar-refractivity contribution in [3.8, 4) is 39.9 Å². The van der Waals surface area contributed by atoms with Crippen LogP contribution in [0.5, 0.6) is 0 Å². The van der Waals surface area contributed by atoms with Gasteiger partial charge in [-0.05, 0) is 48.5 Å². The minimum atomic E-state index is -0.599. The predicted octanol–water partition coefficient (Wildman–Crippen LogP) is 12.2. The van der Waals surface area contributed by atoms with E-state index in [1.54, 1.807) is 17.4 Å². The number of rotatable bonds is 4. The molecule has 4 heterocycles. The Morgan fingerprint density at radius 2 is 1.16 bits per heavy atom. The van der Waals surface area contributed by atoms with Crippen molar-refractivity contribution >= 4 is 75.3 Å². The fourth-order valence-corrected chi connectivity index (χ4v) is 8.09. The predicted molar refractivity (Wildman–Crippen MR) is 211 cm³/mol. The SMILES string of the molecule is [2H]c1c([2H])c([2H])c(-c2nc(-c3ccc4c(c3)sc3ccc(-n5c6ccccc6c6cc7oc8ccccc8c7cc65)cc34)nc(-c3c([2H])c([2H])c([2H])c([2H])c3[2H])n2)c([2H])c1[2H]. The minimum absolute atomic E-state index is 0.0158. The Balaban J connectivity index is 1.10. The summed E-state index contributed by atoms with van der Waals surface area (Å²) in [6.45, 7) is 0. The number of hydrogen-bond donors (Lipinski definition) is 0. The molecule has 0 unspecified atom stereocenters. The third-order valence-corrected chi connectivity index (χ3v) is 10.4. The van der Waals surface area contributed by atoms with E-state index in [0.717, 1.165) is 69.6 Å². The topological polar surface area (TPSA) is 56.7 Å². The average Bonchev–Trinajstić information content (AvgIpc) is 3.94. The number of hydrogen-bond acceptors (Lipinski definition) is 5. The van der Waals surface area contributed by atoms with Gasteiger partial charge in [-0.2, -0.15) is 0 Å². The summed E-state index contributed by atoms with van der Waals surface area (Å²) in [7, 11) is 0. The normalized spacial score (nSPS) is 14.7. The molecule has 0 N–H and O–H groups in total. The highest BCUT2D eigenvalue weighted by molar-refractivity contribution is 7.25. The van der Waals surface area contributed by atoms with Crippen molar-refractivity contribution in [2.24, 2.45) is 0 Å². The number of thiophene rings is 1. The number of furan rings is 1. The van der Waals surface area contributed by atoms with E-state index in [-0.39, 0.29) is 28.6 Å². The summed E-state index contributed by atoms with van der Waals surface area (Å²) < 4.78 is 94.5. The zero-order chi connectivity index (χ0) is 42.2. The molecule has 0 bridgehead atoms. The maximum atomic E-state index is 8.66. The first kappa shape index (κ1) is 20.1. The molecular formula is C45H26N4OS. The molecule has 5 nitrogen and oxygen atoms in total. The summed E-state index contributed by atoms with van der Waals surface area (Å²) >= 11 is 1.56. The third kappa shape index (κ3) is 4.43. The molecule has 51 heavy (non-hydrogen) atoms. The number of para-hydroxylation sites is 2. The first-order valence-electron chi connectivity index (χ1n) is 21.1. The Hall–Kier alpha value is -6.63. The molecule has 238 valence electrons. The molecule has 0 spiro atoms. The van der Waals surface area contributed by atoms with Crippen LogP contribution in [0, 0.1) is 0 Å². The molecule has 0 saturated heterocycles. The summed E-state index contributed by atoms with van der Waals surface area (Å²) in [4.78, 5) is 13.6. The lowest BCUT2D eigenvalue weighted by atomic mass is 10.1. The first-order chi connectivity index (χ1) is 29.4. The minimum Gasteiger partial charge on any atom is -0.456 e. The summed E-state index contributed by atoms with van der Waals surface area (Å²) in [6, 6.07) is 26.8. The molecule has 0 saturated carbocycles. The molecule has 0 amide bonds. The van der Waals surface area contributed by atoms with Gasteiger partial charge in [0.1, 0.15) is 11.2 Å². The molecule has 6 heteroatoms. The van der Waals surface area contributed by atoms with Crippen molar-refractivity contribution in [1.29, 1.82) is 0 Å². The Bertz CT molecular complexity index is 3600. The van der Waals surface area contributed by atoms with Crippen molar-refractivity contribution in [1.82, 2.24) is 19.5 Å². The van der Waals surface area contributed by atoms with E-state index in [2.05, 4.69) is 68.0 Å². The van der Waals surface area contributed by atoms with Crippen LogP contribution in [-0.2, 0) is 0 Å². The molecule has 0 aliphatic heterocycles. The standard InChI is InChI=1S/C45H26N4OS/c1-3-11-27(12-4-1)43-46-44(28-13-5-2-6-14-28)48-45(47-43)29-19-21-33-36-24-30(20-22-41(36)51-42(33)23-29)49-37-17-9-7-15-31(37)34-26-40-35(25-38(34)49)32-16-8-10-18-39(32)50-40/h1-26H/i1D,2D,3D,4D,5D,6D,11D,12D,13D,14D. The van der Waals surface area contributed by atoms with Crippen molar-refractivity contribution in [2.45, 2.75) is 0 Å². The van der Waals surface area contributed by atoms with E-state index < -0.39 is 60.4 Å². The zero-order valence-corrected chi connectivity index (χ0v) is 27.2. The molecule has 11 aromatic rings. The summed E-state index contributed by atoms with van der Waals surface area (Å²) in [5, 5.41) is 6.23. The molecule has 0 aliphatic carbocycles. The van der Waals surface area contributed by atoms with Crippen LogP contribution in [0.25, 0.3) is 104 Å². The Labute approximate surface area is 309 Å². The van der Waals surface area contributed by atoms with Crippen LogP contribution in [0.3, 0.4) is 0 Å². The van der Waals surface area contributed by atoms with E-state index >= 15 is 0 Å². The molecule has 0 aliphatic rings. The van der Waals surface area contributed by atoms with Crippen LogP contribution in [0.15, 0.2) is 162 Å². The molecule has 7 aromatic carbocycles. The van der Waals surface area contributed by atoms with Gasteiger partial charge >= 0.3 is 0 Å². The van der Waals surface area contributed by atoms with Gasteiger partial charge in [-0.25, -0.2) is 15.0 Å². The monoisotopic (exact) mass is 680 g/mol. The van der Waals surface area contributed by atoms with E-state index in [1.807, 2.05) is 42.5 Å². The number of nitrogens with zero attached hydrogens (tertiary/aromatic N) is 4. The zero-order valence-electron chi connectivity index (χ0n) is 36.3. The quantitative estimate of drug-likeness (QED) is 0.186. The van der Waals surface area contributed by atoms with Gasteiger partial charge in [0.25, 0.3) is 0 Å². The number of benzene rings is 7. The maximum absolute atomic E-state index is 8.66. The van der Waals surface area contributed by atoms with Crippen LogP contribution >= 0.6 is 11.3 Å². The van der Waals surface area contributed by atoms with Crippen LogP contribution in [0.2, 0.25) is 0 Å². The average molecular weight is 681 g/mol. The van der Waals surface area contributed by atoms with Gasteiger partial charge in [0, 0.05) is 64.1 Å². The first-order valence-corrected chi connectivity index (χ1v) is 16.9. The molecule has 11 rings (SSSR count). The maximum Gasteiger partial charge on any atom is 0.164 e. The number of fused-ring (bicyclic) bond motifs is 9. The third-order valence-electron chi connectivity index (χ3n) is 9.22. The van der Waals surface area contributed by atoms with Crippen molar-refractivity contribution in [2.75, 3.05) is 0 Å². The second-order valence-corrected chi connectivity index (χ2v) is 13.2. The summed E-state index contributed by atoms with van der Waals surface area (Å²) in [5.74, 6) is -0.601. The van der Waals surface area contributed by atoms with Crippen molar-refractivity contribution in [3.63, 3.8) is 0 Å². The Kier molecular flexibility index (Phi) is 4.32. The molecule has 0 radical (unpaired) electrons. The second-order valence-electron chi connectivity index (χ2n) is 12.1. The van der Waals surface area contributed by atoms with Crippen LogP contribution in [0.1, 0.15) is 13.7 Å². The largest absolute Gasteiger partial charge is 0.456 e. The van der Waals surface area contributed by atoms with E-state index in [0.29, 0.717) is 5.56 Å². The van der Waals surface area contributed by atoms with Gasteiger partial charge in [-0.15, -0.1) is 11.3 Å². The molecule has 4 aromatic heterocycles. The van der Waals surface area contributed by atoms with Crippen molar-refractivity contribution in [3.05, 3.63) is 157 Å². The van der Waals surface area contributed by atoms with Crippen LogP contribution in [-0.4, -0.2) is 19.5 Å². The Morgan fingerprint density at radius 1 is 0.471 bits per heavy atom. The fraction of sp³-hybridized carbons (Fsp3) is 0. The fourth-order valence-electron chi connectivity index (χ4n) is 6.96. The molecule has 0 fully saturated rings. The van der Waals surface area contributed by atoms with E-state index in [1.165, 1.54) is 0 Å². The number of aromatic nitrogens is 4. The van der Waals surface area contributed by atoms with Gasteiger partial charge < -0.3 is 8.98 Å². The lowest BCUT2D eigenvalue weighted by Gasteiger charge is -2.09. The summed E-state index contributed by atoms with van der Waals surface area (Å²) in [6.07, 6.45) is 0. The van der Waals surface area contributed by atoms with Gasteiger partial charge in [-0.1, -0.05) is 109 Å². The highest BCUT2D eigenvalue weighted by atomic mass is 32.1. The smallest absolute Gasteiger partial charge is 0.164 e. The van der Waals surface area contributed by atoms with Crippen LogP contribution < -0.4 is 0 Å². The Morgan fingerprint density at radius 3 is 1.92 bits per heavy atom. The second kappa shape index (κ2) is 10.9. The highest BCUT2D eigenvalue weighted by Gasteiger charge is 2.18. The van der Waals surface area contributed by atoms with Gasteiger partial charge in [0.15, 0.2) is 17.5 Å². The van der Waals surface area contributed by atoms with E-state index in [4.69, 9.17) is 18.1 Å². The van der Waals surface area contributed by atoms with Crippen molar-refractivity contribution < 1.29 is 18.1 Å². The van der Waals surface area contributed by atoms with Gasteiger partial charge in [-0.3, -0.25) is 0 Å². The highest BCUT2D eigenvalue weighted by Crippen LogP contribution is 2.41.